The van der Waals surface area contributed by atoms with Gasteiger partial charge in [0.25, 0.3) is 0 Å². The summed E-state index contributed by atoms with van der Waals surface area (Å²) in [6.07, 6.45) is 0.259. The normalized spacial score (nSPS) is 14.0. The van der Waals surface area contributed by atoms with Crippen LogP contribution in [0.15, 0.2) is 30.3 Å². The van der Waals surface area contributed by atoms with Gasteiger partial charge in [0, 0.05) is 26.2 Å². The topological polar surface area (TPSA) is 51.2 Å². The van der Waals surface area contributed by atoms with Gasteiger partial charge in [0.1, 0.15) is 0 Å². The smallest absolute Gasteiger partial charge is 0.227 e. The number of hydrogen-bond acceptors (Lipinski definition) is 5. The van der Waals surface area contributed by atoms with E-state index in [0.717, 1.165) is 11.3 Å². The number of carbonyl (C=O) groups is 1. The van der Waals surface area contributed by atoms with E-state index in [2.05, 4.69) is 4.90 Å². The van der Waals surface area contributed by atoms with Gasteiger partial charge < -0.3 is 24.0 Å². The standard InChI is InChI=1S/C21H24Cl2N2O4/c1-27-17-11-14(12-18(28-2)21(17)29-3)13-19(26)25-9-7-24(8-10-25)16-6-4-5-15(22)20(16)23/h4-6,11-12H,7-10,13H2,1-3H3. The fourth-order valence-electron chi connectivity index (χ4n) is 3.46. The SMILES string of the molecule is COc1cc(CC(=O)N2CCN(c3cccc(Cl)c3Cl)CC2)cc(OC)c1OC. The molecule has 1 fully saturated rings. The average Bonchev–Trinajstić information content (AvgIpc) is 2.75. The van der Waals surface area contributed by atoms with Gasteiger partial charge in [-0.15, -0.1) is 0 Å². The zero-order valence-electron chi connectivity index (χ0n) is 16.7. The Bertz CT molecular complexity index is 858. The van der Waals surface area contributed by atoms with Crippen molar-refractivity contribution >= 4 is 34.8 Å². The third-order valence-corrected chi connectivity index (χ3v) is 5.79. The number of nitrogens with zero attached hydrogens (tertiary/aromatic N) is 2. The number of benzene rings is 2. The number of halogens is 2. The molecule has 1 saturated heterocycles. The number of methoxy groups -OCH3 is 3. The summed E-state index contributed by atoms with van der Waals surface area (Å²) >= 11 is 12.4. The summed E-state index contributed by atoms with van der Waals surface area (Å²) in [7, 11) is 4.67. The largest absolute Gasteiger partial charge is 0.493 e. The second-order valence-corrected chi connectivity index (χ2v) is 7.44. The summed E-state index contributed by atoms with van der Waals surface area (Å²) in [6.45, 7) is 2.63. The molecule has 2 aromatic rings. The zero-order chi connectivity index (χ0) is 21.0. The molecule has 0 unspecified atom stereocenters. The lowest BCUT2D eigenvalue weighted by molar-refractivity contribution is -0.130. The molecule has 2 aromatic carbocycles. The molecular formula is C21H24Cl2N2O4. The lowest BCUT2D eigenvalue weighted by Gasteiger charge is -2.36. The summed E-state index contributed by atoms with van der Waals surface area (Å²) in [6, 6.07) is 9.21. The molecule has 0 bridgehead atoms. The van der Waals surface area contributed by atoms with E-state index in [-0.39, 0.29) is 12.3 Å². The molecule has 156 valence electrons. The molecule has 1 aliphatic heterocycles. The Kier molecular flexibility index (Phi) is 6.98. The quantitative estimate of drug-likeness (QED) is 0.683. The summed E-state index contributed by atoms with van der Waals surface area (Å²) < 4.78 is 16.1. The van der Waals surface area contributed by atoms with Crippen molar-refractivity contribution in [2.75, 3.05) is 52.4 Å². The summed E-state index contributed by atoms with van der Waals surface area (Å²) in [4.78, 5) is 16.8. The molecule has 1 aliphatic rings. The molecule has 0 radical (unpaired) electrons. The Hall–Kier alpha value is -2.31. The lowest BCUT2D eigenvalue weighted by atomic mass is 10.1. The van der Waals surface area contributed by atoms with Crippen LogP contribution in [0.5, 0.6) is 17.2 Å². The van der Waals surface area contributed by atoms with Crippen LogP contribution < -0.4 is 19.1 Å². The van der Waals surface area contributed by atoms with Crippen LogP contribution in [-0.2, 0) is 11.2 Å². The number of piperazine rings is 1. The molecule has 0 saturated carbocycles. The van der Waals surface area contributed by atoms with Crippen LogP contribution in [0.25, 0.3) is 0 Å². The minimum absolute atomic E-state index is 0.0520. The van der Waals surface area contributed by atoms with Crippen LogP contribution in [-0.4, -0.2) is 58.3 Å². The van der Waals surface area contributed by atoms with E-state index in [1.807, 2.05) is 17.0 Å². The van der Waals surface area contributed by atoms with Crippen molar-refractivity contribution in [2.45, 2.75) is 6.42 Å². The Labute approximate surface area is 180 Å². The predicted octanol–water partition coefficient (Wildman–Crippen LogP) is 3.91. The molecule has 8 heteroatoms. The second kappa shape index (κ2) is 9.46. The Morgan fingerprint density at radius 3 is 2.14 bits per heavy atom. The van der Waals surface area contributed by atoms with Gasteiger partial charge in [-0.2, -0.15) is 0 Å². The summed E-state index contributed by atoms with van der Waals surface area (Å²) in [5.41, 5.74) is 1.71. The molecular weight excluding hydrogens is 415 g/mol. The molecule has 1 amide bonds. The highest BCUT2D eigenvalue weighted by Crippen LogP contribution is 2.38. The van der Waals surface area contributed by atoms with E-state index >= 15 is 0 Å². The van der Waals surface area contributed by atoms with Crippen LogP contribution in [0, 0.1) is 0 Å². The molecule has 0 aromatic heterocycles. The van der Waals surface area contributed by atoms with Crippen molar-refractivity contribution in [1.29, 1.82) is 0 Å². The van der Waals surface area contributed by atoms with Crippen LogP contribution in [0.4, 0.5) is 5.69 Å². The maximum atomic E-state index is 12.8. The number of anilines is 1. The van der Waals surface area contributed by atoms with Crippen molar-refractivity contribution in [1.82, 2.24) is 4.90 Å². The Morgan fingerprint density at radius 2 is 1.59 bits per heavy atom. The minimum atomic E-state index is 0.0520. The van der Waals surface area contributed by atoms with Gasteiger partial charge in [0.15, 0.2) is 11.5 Å². The Morgan fingerprint density at radius 1 is 0.966 bits per heavy atom. The monoisotopic (exact) mass is 438 g/mol. The molecule has 3 rings (SSSR count). The third-order valence-electron chi connectivity index (χ3n) is 4.98. The fraction of sp³-hybridized carbons (Fsp3) is 0.381. The van der Waals surface area contributed by atoms with Crippen LogP contribution in [0.1, 0.15) is 5.56 Å². The minimum Gasteiger partial charge on any atom is -0.493 e. The van der Waals surface area contributed by atoms with Crippen LogP contribution in [0.3, 0.4) is 0 Å². The first-order chi connectivity index (χ1) is 14.0. The fourth-order valence-corrected chi connectivity index (χ4v) is 3.87. The highest BCUT2D eigenvalue weighted by Gasteiger charge is 2.24. The van der Waals surface area contributed by atoms with E-state index in [9.17, 15) is 4.79 Å². The van der Waals surface area contributed by atoms with E-state index in [4.69, 9.17) is 37.4 Å². The molecule has 29 heavy (non-hydrogen) atoms. The predicted molar refractivity (Wildman–Crippen MR) is 115 cm³/mol. The van der Waals surface area contributed by atoms with E-state index < -0.39 is 0 Å². The first kappa shape index (κ1) is 21.4. The number of ether oxygens (including phenoxy) is 3. The molecule has 0 N–H and O–H groups in total. The first-order valence-corrected chi connectivity index (χ1v) is 9.99. The Balaban J connectivity index is 1.66. The van der Waals surface area contributed by atoms with E-state index in [1.165, 1.54) is 0 Å². The molecule has 0 aliphatic carbocycles. The van der Waals surface area contributed by atoms with Gasteiger partial charge in [-0.3, -0.25) is 4.79 Å². The lowest BCUT2D eigenvalue weighted by Crippen LogP contribution is -2.49. The molecule has 1 heterocycles. The molecule has 0 atom stereocenters. The van der Waals surface area contributed by atoms with Crippen molar-refractivity contribution < 1.29 is 19.0 Å². The van der Waals surface area contributed by atoms with Crippen molar-refractivity contribution in [3.05, 3.63) is 45.9 Å². The van der Waals surface area contributed by atoms with Gasteiger partial charge in [-0.05, 0) is 29.8 Å². The number of rotatable bonds is 6. The van der Waals surface area contributed by atoms with Gasteiger partial charge in [-0.25, -0.2) is 0 Å². The highest BCUT2D eigenvalue weighted by atomic mass is 35.5. The van der Waals surface area contributed by atoms with Crippen molar-refractivity contribution in [3.8, 4) is 17.2 Å². The van der Waals surface area contributed by atoms with Gasteiger partial charge in [0.2, 0.25) is 11.7 Å². The van der Waals surface area contributed by atoms with E-state index in [1.54, 1.807) is 39.5 Å². The number of amides is 1. The number of hydrogen-bond donors (Lipinski definition) is 0. The second-order valence-electron chi connectivity index (χ2n) is 6.65. The zero-order valence-corrected chi connectivity index (χ0v) is 18.2. The third kappa shape index (κ3) is 4.65. The van der Waals surface area contributed by atoms with Gasteiger partial charge >= 0.3 is 0 Å². The van der Waals surface area contributed by atoms with E-state index in [0.29, 0.717) is 53.5 Å². The first-order valence-electron chi connectivity index (χ1n) is 9.24. The van der Waals surface area contributed by atoms with Gasteiger partial charge in [0.05, 0.1) is 43.5 Å². The van der Waals surface area contributed by atoms with Crippen LogP contribution >= 0.6 is 23.2 Å². The van der Waals surface area contributed by atoms with Crippen LogP contribution in [0.2, 0.25) is 10.0 Å². The molecule has 6 nitrogen and oxygen atoms in total. The molecule has 0 spiro atoms. The van der Waals surface area contributed by atoms with Gasteiger partial charge in [-0.1, -0.05) is 29.3 Å². The van der Waals surface area contributed by atoms with Crippen molar-refractivity contribution in [3.63, 3.8) is 0 Å². The maximum absolute atomic E-state index is 12.8. The number of carbonyl (C=O) groups excluding carboxylic acids is 1. The summed E-state index contributed by atoms with van der Waals surface area (Å²) in [5, 5.41) is 1.08. The average molecular weight is 439 g/mol. The highest BCUT2D eigenvalue weighted by molar-refractivity contribution is 6.43. The summed E-state index contributed by atoms with van der Waals surface area (Å²) in [5.74, 6) is 1.64. The van der Waals surface area contributed by atoms with Crippen molar-refractivity contribution in [2.24, 2.45) is 0 Å². The maximum Gasteiger partial charge on any atom is 0.227 e.